The van der Waals surface area contributed by atoms with E-state index in [-0.39, 0.29) is 21.3 Å². The fraction of sp³-hybridized carbons (Fsp3) is 0.160. The summed E-state index contributed by atoms with van der Waals surface area (Å²) in [6.07, 6.45) is 3.09. The number of benzene rings is 2. The van der Waals surface area contributed by atoms with Crippen molar-refractivity contribution in [3.8, 4) is 11.6 Å². The van der Waals surface area contributed by atoms with E-state index < -0.39 is 16.1 Å². The Hall–Kier alpha value is -3.96. The number of nitrogens with zero attached hydrogens (tertiary/aromatic N) is 2. The highest BCUT2D eigenvalue weighted by atomic mass is 32.2. The maximum atomic E-state index is 12.7. The van der Waals surface area contributed by atoms with Crippen molar-refractivity contribution < 1.29 is 17.9 Å². The van der Waals surface area contributed by atoms with Gasteiger partial charge in [0.05, 0.1) is 4.90 Å². The number of aromatic nitrogens is 2. The summed E-state index contributed by atoms with van der Waals surface area (Å²) >= 11 is 1.18. The van der Waals surface area contributed by atoms with Crippen molar-refractivity contribution in [2.45, 2.75) is 31.1 Å². The predicted octanol–water partition coefficient (Wildman–Crippen LogP) is 6.07. The predicted molar refractivity (Wildman–Crippen MR) is 141 cm³/mol. The van der Waals surface area contributed by atoms with Gasteiger partial charge in [-0.15, -0.1) is 11.3 Å². The Bertz CT molecular complexity index is 1450. The Morgan fingerprint density at radius 2 is 1.67 bits per heavy atom. The number of thiazole rings is 1. The molecule has 0 aliphatic heterocycles. The molecule has 9 nitrogen and oxygen atoms in total. The van der Waals surface area contributed by atoms with Crippen LogP contribution in [0, 0.1) is 0 Å². The molecule has 0 saturated carbocycles. The van der Waals surface area contributed by atoms with Crippen LogP contribution in [0.4, 0.5) is 21.3 Å². The van der Waals surface area contributed by atoms with Crippen LogP contribution in [0.5, 0.6) is 11.6 Å². The van der Waals surface area contributed by atoms with Gasteiger partial charge in [0.2, 0.25) is 5.88 Å². The van der Waals surface area contributed by atoms with Crippen molar-refractivity contribution in [3.05, 3.63) is 84.0 Å². The van der Waals surface area contributed by atoms with Gasteiger partial charge < -0.3 is 15.4 Å². The second kappa shape index (κ2) is 10.3. The van der Waals surface area contributed by atoms with Crippen LogP contribution in [0.1, 0.15) is 26.3 Å². The minimum absolute atomic E-state index is 0.0455. The summed E-state index contributed by atoms with van der Waals surface area (Å²) in [5.41, 5.74) is 1.65. The second-order valence-corrected chi connectivity index (χ2v) is 11.3. The third-order valence-electron chi connectivity index (χ3n) is 5.00. The number of sulfonamides is 1. The highest BCUT2D eigenvalue weighted by Crippen LogP contribution is 2.35. The Morgan fingerprint density at radius 3 is 2.36 bits per heavy atom. The molecule has 0 radical (unpaired) electrons. The second-order valence-electron chi connectivity index (χ2n) is 8.75. The number of rotatable bonds is 7. The molecule has 0 aliphatic rings. The van der Waals surface area contributed by atoms with Crippen LogP contribution in [-0.4, -0.2) is 24.4 Å². The number of carbonyl (C=O) groups excluding carboxylic acids is 1. The van der Waals surface area contributed by atoms with Gasteiger partial charge >= 0.3 is 6.03 Å². The molecular weight excluding hydrogens is 498 g/mol. The highest BCUT2D eigenvalue weighted by Gasteiger charge is 2.20. The molecule has 0 aliphatic carbocycles. The Morgan fingerprint density at radius 1 is 0.917 bits per heavy atom. The third-order valence-corrected chi connectivity index (χ3v) is 7.17. The zero-order valence-electron chi connectivity index (χ0n) is 19.8. The van der Waals surface area contributed by atoms with E-state index in [1.54, 1.807) is 23.7 Å². The topological polar surface area (TPSA) is 122 Å². The van der Waals surface area contributed by atoms with E-state index in [0.717, 1.165) is 5.56 Å². The monoisotopic (exact) mass is 523 g/mol. The van der Waals surface area contributed by atoms with Gasteiger partial charge in [-0.25, -0.2) is 23.2 Å². The zero-order chi connectivity index (χ0) is 25.8. The maximum Gasteiger partial charge on any atom is 0.323 e. The van der Waals surface area contributed by atoms with Crippen LogP contribution in [0.25, 0.3) is 0 Å². The van der Waals surface area contributed by atoms with Crippen molar-refractivity contribution >= 4 is 43.9 Å². The molecular formula is C25H25N5O4S2. The molecule has 0 unspecified atom stereocenters. The minimum atomic E-state index is -3.78. The molecule has 4 aromatic rings. The number of para-hydroxylation sites is 1. The van der Waals surface area contributed by atoms with Crippen molar-refractivity contribution in [1.29, 1.82) is 0 Å². The molecule has 2 amide bonds. The maximum absolute atomic E-state index is 12.7. The number of nitrogens with one attached hydrogen (secondary N) is 3. The molecule has 0 saturated heterocycles. The largest absolute Gasteiger partial charge is 0.437 e. The summed E-state index contributed by atoms with van der Waals surface area (Å²) in [5.74, 6) is 0.898. The summed E-state index contributed by atoms with van der Waals surface area (Å²) in [4.78, 5) is 20.9. The number of anilines is 3. The van der Waals surface area contributed by atoms with Crippen molar-refractivity contribution in [1.82, 2.24) is 9.97 Å². The molecule has 0 atom stereocenters. The van der Waals surface area contributed by atoms with Crippen LogP contribution >= 0.6 is 11.3 Å². The average molecular weight is 524 g/mol. The number of hydrogen-bond acceptors (Lipinski definition) is 7. The summed E-state index contributed by atoms with van der Waals surface area (Å²) in [6.45, 7) is 6.27. The number of urea groups is 1. The fourth-order valence-corrected chi connectivity index (χ4v) is 5.09. The first-order chi connectivity index (χ1) is 17.1. The lowest BCUT2D eigenvalue weighted by atomic mass is 9.86. The van der Waals surface area contributed by atoms with Gasteiger partial charge in [-0.05, 0) is 47.9 Å². The number of amides is 2. The van der Waals surface area contributed by atoms with Gasteiger partial charge in [0, 0.05) is 29.0 Å². The quantitative estimate of drug-likeness (QED) is 0.270. The van der Waals surface area contributed by atoms with Crippen LogP contribution in [0.2, 0.25) is 0 Å². The number of pyridine rings is 1. The normalized spacial score (nSPS) is 11.5. The summed E-state index contributed by atoms with van der Waals surface area (Å²) in [5, 5.41) is 7.37. The minimum Gasteiger partial charge on any atom is -0.437 e. The van der Waals surface area contributed by atoms with E-state index in [0.29, 0.717) is 17.1 Å². The molecule has 186 valence electrons. The number of hydrogen-bond donors (Lipinski definition) is 3. The summed E-state index contributed by atoms with van der Waals surface area (Å²) in [6, 6.07) is 16.3. The van der Waals surface area contributed by atoms with Crippen LogP contribution < -0.4 is 20.1 Å². The smallest absolute Gasteiger partial charge is 0.323 e. The molecule has 0 bridgehead atoms. The third kappa shape index (κ3) is 6.18. The first kappa shape index (κ1) is 25.1. The van der Waals surface area contributed by atoms with Crippen molar-refractivity contribution in [2.24, 2.45) is 0 Å². The van der Waals surface area contributed by atoms with E-state index in [4.69, 9.17) is 4.74 Å². The Kier molecular flexibility index (Phi) is 7.22. The standard InChI is InChI=1S/C25H25N5O4S2/c1-25(2,3)19-7-4-5-9-21(19)34-22-20(8-6-14-26-22)29-23(31)28-17-10-12-18(13-11-17)36(32,33)30-24-27-15-16-35-24/h4-16H,1-3H3,(H,27,30)(H2,28,29,31). The van der Waals surface area contributed by atoms with Gasteiger partial charge in [0.15, 0.2) is 5.13 Å². The van der Waals surface area contributed by atoms with Gasteiger partial charge in [-0.1, -0.05) is 39.0 Å². The van der Waals surface area contributed by atoms with Crippen LogP contribution in [0.3, 0.4) is 0 Å². The molecule has 0 spiro atoms. The Labute approximate surface area is 213 Å². The number of ether oxygens (including phenoxy) is 1. The first-order valence-electron chi connectivity index (χ1n) is 10.9. The zero-order valence-corrected chi connectivity index (χ0v) is 21.5. The molecule has 36 heavy (non-hydrogen) atoms. The highest BCUT2D eigenvalue weighted by molar-refractivity contribution is 7.93. The Balaban J connectivity index is 1.44. The van der Waals surface area contributed by atoms with Crippen molar-refractivity contribution in [2.75, 3.05) is 15.4 Å². The fourth-order valence-electron chi connectivity index (χ4n) is 3.30. The van der Waals surface area contributed by atoms with Crippen LogP contribution in [0.15, 0.2) is 83.3 Å². The first-order valence-corrected chi connectivity index (χ1v) is 13.3. The van der Waals surface area contributed by atoms with Crippen molar-refractivity contribution in [3.63, 3.8) is 0 Å². The van der Waals surface area contributed by atoms with Gasteiger partial charge in [0.1, 0.15) is 11.4 Å². The molecule has 2 aromatic carbocycles. The van der Waals surface area contributed by atoms with Gasteiger partial charge in [-0.3, -0.25) is 4.72 Å². The molecule has 2 heterocycles. The lowest BCUT2D eigenvalue weighted by Gasteiger charge is -2.22. The van der Waals surface area contributed by atoms with Gasteiger partial charge in [-0.2, -0.15) is 0 Å². The SMILES string of the molecule is CC(C)(C)c1ccccc1Oc1ncccc1NC(=O)Nc1ccc(S(=O)(=O)Nc2nccs2)cc1. The van der Waals surface area contributed by atoms with E-state index >= 15 is 0 Å². The lowest BCUT2D eigenvalue weighted by Crippen LogP contribution is -2.20. The lowest BCUT2D eigenvalue weighted by molar-refractivity contribution is 0.262. The molecule has 4 rings (SSSR count). The molecule has 3 N–H and O–H groups in total. The van der Waals surface area contributed by atoms with Crippen LogP contribution in [-0.2, 0) is 15.4 Å². The van der Waals surface area contributed by atoms with E-state index in [9.17, 15) is 13.2 Å². The molecule has 11 heteroatoms. The number of carbonyl (C=O) groups is 1. The summed E-state index contributed by atoms with van der Waals surface area (Å²) < 4.78 is 33.5. The average Bonchev–Trinajstić information content (AvgIpc) is 3.33. The van der Waals surface area contributed by atoms with Gasteiger partial charge in [0.25, 0.3) is 10.0 Å². The molecule has 2 aromatic heterocycles. The van der Waals surface area contributed by atoms with E-state index in [1.165, 1.54) is 41.8 Å². The van der Waals surface area contributed by atoms with E-state index in [2.05, 4.69) is 46.1 Å². The van der Waals surface area contributed by atoms with E-state index in [1.807, 2.05) is 24.3 Å². The summed E-state index contributed by atoms with van der Waals surface area (Å²) in [7, 11) is -3.78. The molecule has 0 fully saturated rings.